The minimum Gasteiger partial charge on any atom is -0.485 e. The van der Waals surface area contributed by atoms with Crippen molar-refractivity contribution in [2.75, 3.05) is 26.8 Å². The molecule has 0 bridgehead atoms. The highest BCUT2D eigenvalue weighted by Crippen LogP contribution is 2.40. The molecule has 1 saturated carbocycles. The number of aryl methyl sites for hydroxylation is 1. The van der Waals surface area contributed by atoms with E-state index in [9.17, 15) is 14.7 Å². The zero-order valence-electron chi connectivity index (χ0n) is 22.7. The van der Waals surface area contributed by atoms with Crippen LogP contribution in [0.1, 0.15) is 52.2 Å². The van der Waals surface area contributed by atoms with Crippen LogP contribution in [0.3, 0.4) is 0 Å². The molecule has 0 saturated heterocycles. The van der Waals surface area contributed by atoms with Crippen molar-refractivity contribution in [3.8, 4) is 11.5 Å². The van der Waals surface area contributed by atoms with Gasteiger partial charge in [-0.05, 0) is 74.7 Å². The van der Waals surface area contributed by atoms with Gasteiger partial charge in [0, 0.05) is 12.6 Å². The molecule has 1 aromatic carbocycles. The topological polar surface area (TPSA) is 116 Å². The molecule has 1 N–H and O–H groups in total. The molecule has 1 aliphatic heterocycles. The number of aromatic nitrogens is 3. The number of carbonyl (C=O) groups is 2. The molecule has 41 heavy (non-hydrogen) atoms. The molecule has 12 heteroatoms. The van der Waals surface area contributed by atoms with Crippen LogP contribution >= 0.6 is 22.7 Å². The van der Waals surface area contributed by atoms with Gasteiger partial charge < -0.3 is 24.2 Å². The molecule has 0 unspecified atom stereocenters. The minimum absolute atomic E-state index is 0.218. The number of hydrogen-bond acceptors (Lipinski definition) is 11. The summed E-state index contributed by atoms with van der Waals surface area (Å²) in [6.45, 7) is 2.32. The van der Waals surface area contributed by atoms with Gasteiger partial charge in [0.25, 0.3) is 0 Å². The molecule has 0 radical (unpaired) electrons. The zero-order valence-corrected chi connectivity index (χ0v) is 24.4. The van der Waals surface area contributed by atoms with Crippen LogP contribution in [0.2, 0.25) is 0 Å². The molecule has 0 spiro atoms. The fourth-order valence-corrected chi connectivity index (χ4v) is 7.42. The fourth-order valence-electron chi connectivity index (χ4n) is 5.71. The quantitative estimate of drug-likeness (QED) is 0.212. The third-order valence-corrected chi connectivity index (χ3v) is 9.87. The lowest BCUT2D eigenvalue weighted by atomic mass is 9.91. The van der Waals surface area contributed by atoms with E-state index in [2.05, 4.69) is 22.3 Å². The highest BCUT2D eigenvalue weighted by atomic mass is 32.1. The molecule has 10 nitrogen and oxygen atoms in total. The maximum absolute atomic E-state index is 13.3. The fraction of sp³-hybridized carbons (Fsp3) is 0.448. The molecule has 1 fully saturated rings. The summed E-state index contributed by atoms with van der Waals surface area (Å²) in [7, 11) is 2.12. The lowest BCUT2D eigenvalue weighted by molar-refractivity contribution is -0.169. The zero-order chi connectivity index (χ0) is 28.4. The van der Waals surface area contributed by atoms with Crippen molar-refractivity contribution in [3.63, 3.8) is 0 Å². The van der Waals surface area contributed by atoms with Crippen LogP contribution < -0.4 is 9.47 Å². The van der Waals surface area contributed by atoms with Gasteiger partial charge in [-0.2, -0.15) is 0 Å². The van der Waals surface area contributed by atoms with Crippen molar-refractivity contribution >= 4 is 46.0 Å². The van der Waals surface area contributed by atoms with Gasteiger partial charge in [-0.25, -0.2) is 9.48 Å². The number of nitrogens with zero attached hydrogens (tertiary/aromatic N) is 4. The summed E-state index contributed by atoms with van der Waals surface area (Å²) in [6, 6.07) is 9.29. The Hall–Kier alpha value is -3.32. The van der Waals surface area contributed by atoms with Crippen LogP contribution in [0.5, 0.6) is 11.5 Å². The van der Waals surface area contributed by atoms with Crippen LogP contribution in [-0.2, 0) is 21.7 Å². The molecule has 2 aliphatic rings. The first kappa shape index (κ1) is 27.8. The molecule has 1 aliphatic carbocycles. The summed E-state index contributed by atoms with van der Waals surface area (Å²) in [5.74, 6) is 0.393. The summed E-state index contributed by atoms with van der Waals surface area (Å²) in [5, 5.41) is 23.8. The van der Waals surface area contributed by atoms with Crippen LogP contribution in [0.25, 0.3) is 11.0 Å². The van der Waals surface area contributed by atoms with Crippen molar-refractivity contribution in [3.05, 3.63) is 56.4 Å². The molecule has 0 amide bonds. The van der Waals surface area contributed by atoms with Gasteiger partial charge in [0.15, 0.2) is 17.8 Å². The predicted molar refractivity (Wildman–Crippen MR) is 155 cm³/mol. The molecule has 3 aromatic heterocycles. The van der Waals surface area contributed by atoms with E-state index in [-0.39, 0.29) is 6.10 Å². The molecular formula is C29H32N4O6S2. The maximum Gasteiger partial charge on any atom is 0.349 e. The van der Waals surface area contributed by atoms with Crippen molar-refractivity contribution in [1.82, 2.24) is 19.9 Å². The molecule has 6 rings (SSSR count). The third kappa shape index (κ3) is 5.36. The number of fused-ring (bicyclic) bond motifs is 3. The van der Waals surface area contributed by atoms with E-state index in [1.54, 1.807) is 18.2 Å². The smallest absolute Gasteiger partial charge is 0.349 e. The van der Waals surface area contributed by atoms with Crippen LogP contribution in [0, 0.1) is 0 Å². The van der Waals surface area contributed by atoms with Gasteiger partial charge in [-0.3, -0.25) is 4.79 Å². The number of aldehydes is 1. The van der Waals surface area contributed by atoms with E-state index in [0.717, 1.165) is 50.5 Å². The Labute approximate surface area is 245 Å². The summed E-state index contributed by atoms with van der Waals surface area (Å²) in [6.07, 6.45) is 4.71. The number of aliphatic hydroxyl groups is 1. The van der Waals surface area contributed by atoms with Crippen molar-refractivity contribution in [2.24, 2.45) is 0 Å². The Balaban J connectivity index is 1.03. The van der Waals surface area contributed by atoms with Crippen LogP contribution in [0.4, 0.5) is 0 Å². The first-order valence-electron chi connectivity index (χ1n) is 13.8. The molecule has 0 atom stereocenters. The summed E-state index contributed by atoms with van der Waals surface area (Å²) in [4.78, 5) is 28.3. The molecule has 4 heterocycles. The van der Waals surface area contributed by atoms with Crippen LogP contribution in [-0.4, -0.2) is 76.2 Å². The second-order valence-corrected chi connectivity index (χ2v) is 12.3. The average Bonchev–Trinajstić information content (AvgIpc) is 3.80. The Morgan fingerprint density at radius 3 is 2.46 bits per heavy atom. The van der Waals surface area contributed by atoms with E-state index < -0.39 is 11.6 Å². The molecule has 4 aromatic rings. The van der Waals surface area contributed by atoms with Gasteiger partial charge in [0.05, 0.1) is 15.3 Å². The molecular weight excluding hydrogens is 564 g/mol. The Bertz CT molecular complexity index is 1460. The average molecular weight is 597 g/mol. The second-order valence-electron chi connectivity index (χ2n) is 10.5. The Morgan fingerprint density at radius 1 is 1.15 bits per heavy atom. The van der Waals surface area contributed by atoms with Gasteiger partial charge in [0.2, 0.25) is 5.60 Å². The van der Waals surface area contributed by atoms with Crippen molar-refractivity contribution in [1.29, 1.82) is 0 Å². The summed E-state index contributed by atoms with van der Waals surface area (Å²) >= 11 is 2.70. The summed E-state index contributed by atoms with van der Waals surface area (Å²) < 4.78 is 19.3. The number of thiophene rings is 2. The van der Waals surface area contributed by atoms with E-state index in [4.69, 9.17) is 14.2 Å². The van der Waals surface area contributed by atoms with E-state index in [0.29, 0.717) is 58.1 Å². The predicted octanol–water partition coefficient (Wildman–Crippen LogP) is 4.25. The third-order valence-electron chi connectivity index (χ3n) is 7.91. The summed E-state index contributed by atoms with van der Waals surface area (Å²) in [5.41, 5.74) is 0.0122. The number of benzene rings is 1. The largest absolute Gasteiger partial charge is 0.485 e. The normalized spacial score (nSPS) is 19.0. The van der Waals surface area contributed by atoms with Crippen molar-refractivity contribution < 1.29 is 28.9 Å². The van der Waals surface area contributed by atoms with E-state index in [1.807, 2.05) is 27.6 Å². The number of rotatable bonds is 10. The monoisotopic (exact) mass is 596 g/mol. The van der Waals surface area contributed by atoms with Gasteiger partial charge in [0.1, 0.15) is 30.4 Å². The standard InChI is InChI=1S/C29H32N4O6S2/c1-32(11-4-12-33-25-22(30-31-33)17-19(18-34)26-27(25)38-14-13-37-26)20-7-9-21(10-8-20)39-28(35)29(36,23-5-2-15-40-23)24-6-3-16-41-24/h2-3,5-6,15-18,20-21,36H,4,7-14H2,1H3/t20-,21-. The van der Waals surface area contributed by atoms with E-state index in [1.165, 1.54) is 22.7 Å². The minimum atomic E-state index is -1.77. The lowest BCUT2D eigenvalue weighted by Gasteiger charge is -2.35. The van der Waals surface area contributed by atoms with Gasteiger partial charge >= 0.3 is 5.97 Å². The molecule has 216 valence electrons. The number of ether oxygens (including phenoxy) is 3. The van der Waals surface area contributed by atoms with Crippen molar-refractivity contribution in [2.45, 2.75) is 56.4 Å². The number of esters is 1. The Morgan fingerprint density at radius 2 is 1.83 bits per heavy atom. The van der Waals surface area contributed by atoms with Gasteiger partial charge in [-0.1, -0.05) is 17.3 Å². The Kier molecular flexibility index (Phi) is 8.07. The van der Waals surface area contributed by atoms with Gasteiger partial charge in [-0.15, -0.1) is 27.8 Å². The SMILES string of the molecule is CN(CCCn1nnc2cc(C=O)c3c(c21)OCCO3)[C@H]1CC[C@H](OC(=O)C(O)(c2cccs2)c2cccs2)CC1. The van der Waals surface area contributed by atoms with E-state index >= 15 is 0 Å². The second kappa shape index (κ2) is 11.9. The highest BCUT2D eigenvalue weighted by molar-refractivity contribution is 7.12. The number of carbonyl (C=O) groups excluding carboxylic acids is 2. The number of hydrogen-bond donors (Lipinski definition) is 1. The first-order chi connectivity index (χ1) is 20.0. The highest BCUT2D eigenvalue weighted by Gasteiger charge is 2.45. The first-order valence-corrected chi connectivity index (χ1v) is 15.6. The van der Waals surface area contributed by atoms with Crippen LogP contribution in [0.15, 0.2) is 41.1 Å². The maximum atomic E-state index is 13.3. The lowest BCUT2D eigenvalue weighted by Crippen LogP contribution is -2.42.